The highest BCUT2D eigenvalue weighted by Gasteiger charge is 2.10. The largest absolute Gasteiger partial charge is 0.397 e. The molecule has 3 aromatic heterocycles. The normalized spacial score (nSPS) is 10.7. The van der Waals surface area contributed by atoms with E-state index in [0.717, 1.165) is 27.7 Å². The lowest BCUT2D eigenvalue weighted by atomic mass is 10.1. The van der Waals surface area contributed by atoms with Gasteiger partial charge in [0.2, 0.25) is 0 Å². The fourth-order valence-electron chi connectivity index (χ4n) is 2.80. The number of nitrogens with two attached hydrogens (primary N) is 1. The molecule has 1 aromatic carbocycles. The van der Waals surface area contributed by atoms with Gasteiger partial charge in [0.1, 0.15) is 5.82 Å². The summed E-state index contributed by atoms with van der Waals surface area (Å²) >= 11 is 0. The molecule has 0 aliphatic heterocycles. The summed E-state index contributed by atoms with van der Waals surface area (Å²) in [5, 5.41) is 5.44. The zero-order valence-electron chi connectivity index (χ0n) is 13.5. The van der Waals surface area contributed by atoms with E-state index in [1.165, 1.54) is 0 Å². The molecule has 0 bridgehead atoms. The third kappa shape index (κ3) is 2.68. The zero-order valence-corrected chi connectivity index (χ0v) is 13.5. The fourth-order valence-corrected chi connectivity index (χ4v) is 2.80. The summed E-state index contributed by atoms with van der Waals surface area (Å²) in [6, 6.07) is 11.4. The average Bonchev–Trinajstić information content (AvgIpc) is 3.04. The van der Waals surface area contributed by atoms with Gasteiger partial charge in [0, 0.05) is 29.0 Å². The highest BCUT2D eigenvalue weighted by Crippen LogP contribution is 2.27. The van der Waals surface area contributed by atoms with Crippen molar-refractivity contribution in [2.24, 2.45) is 0 Å². The molecular weight excluding hydrogens is 312 g/mol. The van der Waals surface area contributed by atoms with E-state index in [0.29, 0.717) is 17.2 Å². The number of hydrogen-bond acceptors (Lipinski definition) is 4. The Morgan fingerprint density at radius 1 is 1.04 bits per heavy atom. The number of aryl methyl sites for hydroxylation is 1. The second-order valence-electron chi connectivity index (χ2n) is 5.77. The standard InChI is InChI=1S/C19H14N6/c1-12-5-17(21-2)8-19(24-12)25-18-7-13(3-4-14(18)10-23-25)15-6-16(20)11-22-9-15/h3-11H,20H2,1H3. The van der Waals surface area contributed by atoms with Crippen LogP contribution < -0.4 is 5.73 Å². The predicted octanol–water partition coefficient (Wildman–Crippen LogP) is 3.92. The molecule has 0 amide bonds. The van der Waals surface area contributed by atoms with Crippen LogP contribution in [0.3, 0.4) is 0 Å². The van der Waals surface area contributed by atoms with Gasteiger partial charge in [0.25, 0.3) is 0 Å². The number of rotatable bonds is 2. The minimum Gasteiger partial charge on any atom is -0.397 e. The van der Waals surface area contributed by atoms with Gasteiger partial charge in [-0.2, -0.15) is 5.10 Å². The van der Waals surface area contributed by atoms with Crippen molar-refractivity contribution >= 4 is 22.3 Å². The number of aromatic nitrogens is 4. The van der Waals surface area contributed by atoms with E-state index in [2.05, 4.69) is 19.9 Å². The van der Waals surface area contributed by atoms with Crippen molar-refractivity contribution in [1.29, 1.82) is 0 Å². The third-order valence-corrected chi connectivity index (χ3v) is 3.93. The van der Waals surface area contributed by atoms with Gasteiger partial charge in [-0.3, -0.25) is 4.98 Å². The number of nitrogens with zero attached hydrogens (tertiary/aromatic N) is 5. The van der Waals surface area contributed by atoms with E-state index in [-0.39, 0.29) is 0 Å². The van der Waals surface area contributed by atoms with E-state index in [1.807, 2.05) is 31.2 Å². The Labute approximate surface area is 144 Å². The van der Waals surface area contributed by atoms with Crippen molar-refractivity contribution in [1.82, 2.24) is 19.7 Å². The van der Waals surface area contributed by atoms with Crippen LogP contribution in [0.1, 0.15) is 5.69 Å². The lowest BCUT2D eigenvalue weighted by molar-refractivity contribution is 0.868. The van der Waals surface area contributed by atoms with Crippen molar-refractivity contribution in [3.05, 3.63) is 72.1 Å². The van der Waals surface area contributed by atoms with Gasteiger partial charge in [-0.1, -0.05) is 12.1 Å². The van der Waals surface area contributed by atoms with Crippen LogP contribution in [0.2, 0.25) is 0 Å². The first-order valence-corrected chi connectivity index (χ1v) is 7.69. The van der Waals surface area contributed by atoms with Crippen molar-refractivity contribution in [3.8, 4) is 16.9 Å². The molecule has 0 saturated heterocycles. The molecule has 0 spiro atoms. The predicted molar refractivity (Wildman–Crippen MR) is 97.5 cm³/mol. The number of hydrogen-bond donors (Lipinski definition) is 1. The highest BCUT2D eigenvalue weighted by molar-refractivity contribution is 5.85. The van der Waals surface area contributed by atoms with E-state index in [9.17, 15) is 0 Å². The number of benzene rings is 1. The van der Waals surface area contributed by atoms with E-state index in [4.69, 9.17) is 12.3 Å². The van der Waals surface area contributed by atoms with Gasteiger partial charge in [0.05, 0.1) is 24.0 Å². The first-order valence-electron chi connectivity index (χ1n) is 7.69. The third-order valence-electron chi connectivity index (χ3n) is 3.93. The summed E-state index contributed by atoms with van der Waals surface area (Å²) in [4.78, 5) is 12.2. The SMILES string of the molecule is [C-]#[N+]c1cc(C)nc(-n2ncc3ccc(-c4cncc(N)c4)cc32)c1. The number of anilines is 1. The molecule has 0 unspecified atom stereocenters. The molecule has 0 atom stereocenters. The molecule has 0 aliphatic rings. The Kier molecular flexibility index (Phi) is 3.40. The maximum atomic E-state index is 7.24. The first-order chi connectivity index (χ1) is 12.1. The van der Waals surface area contributed by atoms with Crippen LogP contribution >= 0.6 is 0 Å². The van der Waals surface area contributed by atoms with Crippen LogP contribution in [0.25, 0.3) is 32.7 Å². The van der Waals surface area contributed by atoms with Gasteiger partial charge in [-0.15, -0.1) is 0 Å². The molecule has 25 heavy (non-hydrogen) atoms. The topological polar surface area (TPSA) is 74.0 Å². The minimum absolute atomic E-state index is 0.544. The van der Waals surface area contributed by atoms with Gasteiger partial charge >= 0.3 is 0 Å². The number of fused-ring (bicyclic) bond motifs is 1. The Balaban J connectivity index is 1.90. The van der Waals surface area contributed by atoms with Crippen molar-refractivity contribution in [2.45, 2.75) is 6.92 Å². The van der Waals surface area contributed by atoms with Crippen LogP contribution in [-0.4, -0.2) is 19.7 Å². The van der Waals surface area contributed by atoms with Crippen LogP contribution in [0, 0.1) is 13.5 Å². The zero-order chi connectivity index (χ0) is 17.4. The van der Waals surface area contributed by atoms with E-state index >= 15 is 0 Å². The molecular formula is C19H14N6. The maximum absolute atomic E-state index is 7.24. The fraction of sp³-hybridized carbons (Fsp3) is 0.0526. The molecule has 2 N–H and O–H groups in total. The van der Waals surface area contributed by atoms with Gasteiger partial charge < -0.3 is 5.73 Å². The smallest absolute Gasteiger partial charge is 0.192 e. The summed E-state index contributed by atoms with van der Waals surface area (Å²) in [5.41, 5.74) is 10.6. The van der Waals surface area contributed by atoms with Crippen LogP contribution in [0.15, 0.2) is 55.0 Å². The first kappa shape index (κ1) is 14.8. The van der Waals surface area contributed by atoms with Gasteiger partial charge in [-0.25, -0.2) is 14.5 Å². The van der Waals surface area contributed by atoms with Gasteiger partial charge in [-0.05, 0) is 36.8 Å². The molecule has 6 heteroatoms. The Morgan fingerprint density at radius 2 is 1.92 bits per heavy atom. The molecule has 120 valence electrons. The van der Waals surface area contributed by atoms with E-state index in [1.54, 1.807) is 35.4 Å². The summed E-state index contributed by atoms with van der Waals surface area (Å²) in [6.07, 6.45) is 5.19. The Morgan fingerprint density at radius 3 is 2.72 bits per heavy atom. The second kappa shape index (κ2) is 5.73. The second-order valence-corrected chi connectivity index (χ2v) is 5.77. The van der Waals surface area contributed by atoms with Crippen molar-refractivity contribution in [3.63, 3.8) is 0 Å². The minimum atomic E-state index is 0.544. The summed E-state index contributed by atoms with van der Waals surface area (Å²) in [5.74, 6) is 0.629. The van der Waals surface area contributed by atoms with Crippen molar-refractivity contribution < 1.29 is 0 Å². The molecule has 0 saturated carbocycles. The Bertz CT molecular complexity index is 1140. The number of pyridine rings is 2. The van der Waals surface area contributed by atoms with Crippen LogP contribution in [-0.2, 0) is 0 Å². The molecule has 3 heterocycles. The summed E-state index contributed by atoms with van der Waals surface area (Å²) in [6.45, 7) is 9.11. The molecule has 0 aliphatic carbocycles. The number of nitrogen functional groups attached to an aromatic ring is 1. The van der Waals surface area contributed by atoms with Gasteiger partial charge in [0.15, 0.2) is 5.69 Å². The summed E-state index contributed by atoms with van der Waals surface area (Å²) in [7, 11) is 0. The molecule has 4 rings (SSSR count). The summed E-state index contributed by atoms with van der Waals surface area (Å²) < 4.78 is 1.75. The monoisotopic (exact) mass is 326 g/mol. The maximum Gasteiger partial charge on any atom is 0.192 e. The Hall–Kier alpha value is -3.72. The van der Waals surface area contributed by atoms with E-state index < -0.39 is 0 Å². The lowest BCUT2D eigenvalue weighted by Gasteiger charge is -2.07. The molecule has 4 aromatic rings. The molecule has 6 nitrogen and oxygen atoms in total. The molecule has 0 radical (unpaired) electrons. The average molecular weight is 326 g/mol. The molecule has 0 fully saturated rings. The quantitative estimate of drug-likeness (QED) is 0.567. The van der Waals surface area contributed by atoms with Crippen LogP contribution in [0.5, 0.6) is 0 Å². The lowest BCUT2D eigenvalue weighted by Crippen LogP contribution is -2.00. The highest BCUT2D eigenvalue weighted by atomic mass is 15.3. The van der Waals surface area contributed by atoms with Crippen LogP contribution in [0.4, 0.5) is 11.4 Å². The van der Waals surface area contributed by atoms with Crippen molar-refractivity contribution in [2.75, 3.05) is 5.73 Å².